The highest BCUT2D eigenvalue weighted by atomic mass is 127. The van der Waals surface area contributed by atoms with Crippen LogP contribution in [0.1, 0.15) is 20.3 Å². The Hall–Kier alpha value is -0.540. The van der Waals surface area contributed by atoms with Crippen molar-refractivity contribution in [2.75, 3.05) is 63.8 Å². The zero-order valence-electron chi connectivity index (χ0n) is 15.5. The van der Waals surface area contributed by atoms with Crippen molar-refractivity contribution in [2.24, 2.45) is 10.9 Å². The first-order chi connectivity index (χ1) is 11.8. The van der Waals surface area contributed by atoms with E-state index >= 15 is 0 Å². The van der Waals surface area contributed by atoms with Gasteiger partial charge in [-0.2, -0.15) is 0 Å². The fourth-order valence-corrected chi connectivity index (χ4v) is 4.36. The molecule has 2 aliphatic heterocycles. The Kier molecular flexibility index (Phi) is 8.78. The molecular formula is C18H32IN5S. The van der Waals surface area contributed by atoms with Crippen LogP contribution in [0.4, 0.5) is 5.00 Å². The summed E-state index contributed by atoms with van der Waals surface area (Å²) in [5, 5.41) is 7.05. The Labute approximate surface area is 173 Å². The molecule has 2 aliphatic rings. The number of nitrogens with one attached hydrogen (secondary N) is 1. The van der Waals surface area contributed by atoms with Crippen LogP contribution in [0, 0.1) is 5.92 Å². The van der Waals surface area contributed by atoms with E-state index in [0.717, 1.165) is 51.1 Å². The molecule has 1 N–H and O–H groups in total. The predicted molar refractivity (Wildman–Crippen MR) is 120 cm³/mol. The number of aliphatic imine (C=N–C) groups is 1. The monoisotopic (exact) mass is 477 g/mol. The standard InChI is InChI=1S/C18H31N5S.HI/c1-3-19-18(20-14-16-7-8-21(4-2)15-16)23-11-9-22(10-12-23)17-6-5-13-24-17;/h5-6,13,16H,3-4,7-12,14-15H2,1-2H3,(H,19,20);1H. The molecule has 0 aliphatic carbocycles. The number of likely N-dealkylation sites (tertiary alicyclic amines) is 1. The van der Waals surface area contributed by atoms with Gasteiger partial charge in [-0.05, 0) is 49.9 Å². The molecule has 0 radical (unpaired) electrons. The van der Waals surface area contributed by atoms with Crippen molar-refractivity contribution in [2.45, 2.75) is 20.3 Å². The number of hydrogen-bond donors (Lipinski definition) is 1. The van der Waals surface area contributed by atoms with Gasteiger partial charge in [0.15, 0.2) is 5.96 Å². The molecule has 0 amide bonds. The molecule has 7 heteroatoms. The Bertz CT molecular complexity index is 514. The van der Waals surface area contributed by atoms with Gasteiger partial charge in [0.05, 0.1) is 5.00 Å². The lowest BCUT2D eigenvalue weighted by atomic mass is 10.1. The lowest BCUT2D eigenvalue weighted by Crippen LogP contribution is -2.52. The molecule has 0 aromatic carbocycles. The SMILES string of the molecule is CCNC(=NCC1CCN(CC)C1)N1CCN(c2cccs2)CC1.I. The third kappa shape index (κ3) is 5.72. The second-order valence-electron chi connectivity index (χ2n) is 6.67. The third-order valence-corrected chi connectivity index (χ3v) is 5.98. The Balaban J connectivity index is 0.00000225. The molecule has 2 fully saturated rings. The minimum absolute atomic E-state index is 0. The van der Waals surface area contributed by atoms with Gasteiger partial charge in [-0.3, -0.25) is 4.99 Å². The lowest BCUT2D eigenvalue weighted by molar-refractivity contribution is 0.342. The van der Waals surface area contributed by atoms with Gasteiger partial charge in [-0.25, -0.2) is 0 Å². The summed E-state index contributed by atoms with van der Waals surface area (Å²) in [5.41, 5.74) is 0. The summed E-state index contributed by atoms with van der Waals surface area (Å²) in [6.45, 7) is 14.2. The molecule has 0 spiro atoms. The zero-order chi connectivity index (χ0) is 16.8. The topological polar surface area (TPSA) is 34.1 Å². The second-order valence-corrected chi connectivity index (χ2v) is 7.59. The number of piperazine rings is 1. The van der Waals surface area contributed by atoms with Crippen LogP contribution in [0.5, 0.6) is 0 Å². The van der Waals surface area contributed by atoms with Crippen LogP contribution in [0.2, 0.25) is 0 Å². The molecule has 1 atom stereocenters. The highest BCUT2D eigenvalue weighted by molar-refractivity contribution is 14.0. The largest absolute Gasteiger partial charge is 0.360 e. The summed E-state index contributed by atoms with van der Waals surface area (Å²) in [6, 6.07) is 4.36. The van der Waals surface area contributed by atoms with Crippen molar-refractivity contribution < 1.29 is 0 Å². The van der Waals surface area contributed by atoms with Crippen LogP contribution in [0.15, 0.2) is 22.5 Å². The number of rotatable bonds is 5. The third-order valence-electron chi connectivity index (χ3n) is 5.05. The van der Waals surface area contributed by atoms with E-state index in [2.05, 4.69) is 51.4 Å². The summed E-state index contributed by atoms with van der Waals surface area (Å²) in [5.74, 6) is 1.84. The first kappa shape index (κ1) is 20.8. The minimum Gasteiger partial charge on any atom is -0.360 e. The summed E-state index contributed by atoms with van der Waals surface area (Å²) in [4.78, 5) is 12.4. The predicted octanol–water partition coefficient (Wildman–Crippen LogP) is 2.80. The molecule has 142 valence electrons. The van der Waals surface area contributed by atoms with E-state index in [-0.39, 0.29) is 24.0 Å². The normalized spacial score (nSPS) is 22.2. The number of guanidine groups is 1. The molecular weight excluding hydrogens is 445 g/mol. The van der Waals surface area contributed by atoms with Gasteiger partial charge < -0.3 is 20.0 Å². The molecule has 3 heterocycles. The first-order valence-electron chi connectivity index (χ1n) is 9.34. The van der Waals surface area contributed by atoms with Crippen molar-refractivity contribution in [1.29, 1.82) is 0 Å². The summed E-state index contributed by atoms with van der Waals surface area (Å²) in [6.07, 6.45) is 1.29. The number of hydrogen-bond acceptors (Lipinski definition) is 4. The Morgan fingerprint density at radius 2 is 2.04 bits per heavy atom. The van der Waals surface area contributed by atoms with Crippen LogP contribution < -0.4 is 10.2 Å². The smallest absolute Gasteiger partial charge is 0.194 e. The summed E-state index contributed by atoms with van der Waals surface area (Å²) < 4.78 is 0. The van der Waals surface area contributed by atoms with Gasteiger partial charge >= 0.3 is 0 Å². The maximum Gasteiger partial charge on any atom is 0.194 e. The molecule has 1 aromatic heterocycles. The number of thiophene rings is 1. The van der Waals surface area contributed by atoms with Crippen LogP contribution in [0.25, 0.3) is 0 Å². The number of halogens is 1. The van der Waals surface area contributed by atoms with Crippen LogP contribution in [-0.2, 0) is 0 Å². The maximum absolute atomic E-state index is 4.96. The lowest BCUT2D eigenvalue weighted by Gasteiger charge is -2.37. The van der Waals surface area contributed by atoms with E-state index in [1.807, 2.05) is 11.3 Å². The maximum atomic E-state index is 4.96. The molecule has 0 bridgehead atoms. The average Bonchev–Trinajstić information content (AvgIpc) is 3.30. The second kappa shape index (κ2) is 10.6. The van der Waals surface area contributed by atoms with Crippen LogP contribution in [0.3, 0.4) is 0 Å². The molecule has 5 nitrogen and oxygen atoms in total. The van der Waals surface area contributed by atoms with Gasteiger partial charge in [-0.15, -0.1) is 35.3 Å². The minimum atomic E-state index is 0. The van der Waals surface area contributed by atoms with Crippen molar-refractivity contribution in [3.05, 3.63) is 17.5 Å². The van der Waals surface area contributed by atoms with Gasteiger partial charge in [0.2, 0.25) is 0 Å². The van der Waals surface area contributed by atoms with E-state index in [0.29, 0.717) is 0 Å². The highest BCUT2D eigenvalue weighted by Crippen LogP contribution is 2.22. The molecule has 3 rings (SSSR count). The van der Waals surface area contributed by atoms with Crippen LogP contribution >= 0.6 is 35.3 Å². The van der Waals surface area contributed by atoms with Crippen molar-refractivity contribution in [3.8, 4) is 0 Å². The summed E-state index contributed by atoms with van der Waals surface area (Å²) in [7, 11) is 0. The number of nitrogens with zero attached hydrogens (tertiary/aromatic N) is 4. The zero-order valence-corrected chi connectivity index (χ0v) is 18.6. The van der Waals surface area contributed by atoms with Crippen molar-refractivity contribution >= 4 is 46.3 Å². The van der Waals surface area contributed by atoms with Gasteiger partial charge in [-0.1, -0.05) is 6.92 Å². The fraction of sp³-hybridized carbons (Fsp3) is 0.722. The molecule has 2 saturated heterocycles. The number of anilines is 1. The quantitative estimate of drug-likeness (QED) is 0.402. The first-order valence-corrected chi connectivity index (χ1v) is 10.2. The van der Waals surface area contributed by atoms with E-state index in [4.69, 9.17) is 4.99 Å². The van der Waals surface area contributed by atoms with Crippen molar-refractivity contribution in [1.82, 2.24) is 15.1 Å². The Morgan fingerprint density at radius 1 is 1.24 bits per heavy atom. The van der Waals surface area contributed by atoms with E-state index < -0.39 is 0 Å². The average molecular weight is 477 g/mol. The highest BCUT2D eigenvalue weighted by Gasteiger charge is 2.23. The van der Waals surface area contributed by atoms with Crippen molar-refractivity contribution in [3.63, 3.8) is 0 Å². The van der Waals surface area contributed by atoms with Gasteiger partial charge in [0.25, 0.3) is 0 Å². The van der Waals surface area contributed by atoms with Gasteiger partial charge in [0, 0.05) is 45.8 Å². The Morgan fingerprint density at radius 3 is 2.64 bits per heavy atom. The van der Waals surface area contributed by atoms with E-state index in [1.54, 1.807) is 0 Å². The molecule has 25 heavy (non-hydrogen) atoms. The van der Waals surface area contributed by atoms with Crippen LogP contribution in [-0.4, -0.2) is 74.7 Å². The molecule has 1 aromatic rings. The van der Waals surface area contributed by atoms with E-state index in [9.17, 15) is 0 Å². The van der Waals surface area contributed by atoms with Gasteiger partial charge in [0.1, 0.15) is 0 Å². The fourth-order valence-electron chi connectivity index (χ4n) is 3.58. The molecule has 1 unspecified atom stereocenters. The molecule has 0 saturated carbocycles. The summed E-state index contributed by atoms with van der Waals surface area (Å²) >= 11 is 1.84. The van der Waals surface area contributed by atoms with E-state index in [1.165, 1.54) is 31.1 Å².